The average molecular weight is 238 g/mol. The highest BCUT2D eigenvalue weighted by molar-refractivity contribution is 5.87. The highest BCUT2D eigenvalue weighted by Crippen LogP contribution is 2.33. The third-order valence-corrected chi connectivity index (χ3v) is 3.21. The van der Waals surface area contributed by atoms with E-state index in [1.807, 2.05) is 6.92 Å². The van der Waals surface area contributed by atoms with E-state index in [0.717, 1.165) is 24.5 Å². The van der Waals surface area contributed by atoms with E-state index in [2.05, 4.69) is 0 Å². The molecule has 92 valence electrons. The lowest BCUT2D eigenvalue weighted by atomic mass is 9.90. The van der Waals surface area contributed by atoms with E-state index >= 15 is 0 Å². The number of aromatic carboxylic acids is 1. The number of carboxylic acid groups (broad SMARTS) is 1. The molecule has 0 aliphatic carbocycles. The molecule has 1 N–H and O–H groups in total. The summed E-state index contributed by atoms with van der Waals surface area (Å²) in [7, 11) is 0. The van der Waals surface area contributed by atoms with Crippen LogP contribution >= 0.6 is 0 Å². The molecule has 1 aliphatic rings. The Labute approximate surface area is 99.2 Å². The van der Waals surface area contributed by atoms with Crippen molar-refractivity contribution in [2.45, 2.75) is 31.8 Å². The van der Waals surface area contributed by atoms with Crippen LogP contribution in [0, 0.1) is 5.82 Å². The van der Waals surface area contributed by atoms with E-state index in [1.165, 1.54) is 6.07 Å². The second-order valence-corrected chi connectivity index (χ2v) is 4.29. The number of carboxylic acids is 1. The zero-order valence-corrected chi connectivity index (χ0v) is 9.65. The molecule has 1 fully saturated rings. The Bertz CT molecular complexity index is 431. The molecule has 0 saturated carbocycles. The van der Waals surface area contributed by atoms with Gasteiger partial charge in [0.15, 0.2) is 0 Å². The van der Waals surface area contributed by atoms with Crippen molar-refractivity contribution in [1.29, 1.82) is 0 Å². The Morgan fingerprint density at radius 2 is 2.29 bits per heavy atom. The fourth-order valence-electron chi connectivity index (χ4n) is 2.38. The van der Waals surface area contributed by atoms with Crippen LogP contribution in [0.15, 0.2) is 18.2 Å². The van der Waals surface area contributed by atoms with Crippen molar-refractivity contribution in [3.8, 4) is 0 Å². The molecule has 1 saturated heterocycles. The standard InChI is InChI=1S/C13H15FO3/c1-2-12-11(3-4-17-12)8-5-9(13(15)16)7-10(14)6-8/h5-7,11-12H,2-4H2,1H3,(H,15,16)/t11-,12+/m0/s1. The summed E-state index contributed by atoms with van der Waals surface area (Å²) in [5.74, 6) is -1.49. The van der Waals surface area contributed by atoms with Crippen LogP contribution in [0.3, 0.4) is 0 Å². The topological polar surface area (TPSA) is 46.5 Å². The summed E-state index contributed by atoms with van der Waals surface area (Å²) < 4.78 is 18.9. The number of ether oxygens (including phenoxy) is 1. The predicted molar refractivity (Wildman–Crippen MR) is 60.7 cm³/mol. The maximum atomic E-state index is 13.4. The highest BCUT2D eigenvalue weighted by atomic mass is 19.1. The zero-order chi connectivity index (χ0) is 12.4. The Morgan fingerprint density at radius 1 is 1.53 bits per heavy atom. The van der Waals surface area contributed by atoms with Gasteiger partial charge in [-0.25, -0.2) is 9.18 Å². The largest absolute Gasteiger partial charge is 0.478 e. The molecular weight excluding hydrogens is 223 g/mol. The van der Waals surface area contributed by atoms with Gasteiger partial charge >= 0.3 is 5.97 Å². The zero-order valence-electron chi connectivity index (χ0n) is 9.65. The lowest BCUT2D eigenvalue weighted by Crippen LogP contribution is -2.13. The van der Waals surface area contributed by atoms with Gasteiger partial charge in [0.25, 0.3) is 0 Å². The molecule has 3 nitrogen and oxygen atoms in total. The molecule has 17 heavy (non-hydrogen) atoms. The van der Waals surface area contributed by atoms with Gasteiger partial charge in [0, 0.05) is 12.5 Å². The van der Waals surface area contributed by atoms with Crippen molar-refractivity contribution in [3.05, 3.63) is 35.1 Å². The van der Waals surface area contributed by atoms with E-state index in [0.29, 0.717) is 6.61 Å². The third kappa shape index (κ3) is 2.47. The lowest BCUT2D eigenvalue weighted by molar-refractivity contribution is 0.0695. The van der Waals surface area contributed by atoms with Gasteiger partial charge < -0.3 is 9.84 Å². The van der Waals surface area contributed by atoms with Crippen LogP contribution in [-0.2, 0) is 4.74 Å². The predicted octanol–water partition coefficient (Wildman–Crippen LogP) is 2.81. The van der Waals surface area contributed by atoms with Crippen LogP contribution in [0.2, 0.25) is 0 Å². The van der Waals surface area contributed by atoms with Crippen LogP contribution in [-0.4, -0.2) is 23.8 Å². The Kier molecular flexibility index (Phi) is 3.43. The van der Waals surface area contributed by atoms with E-state index in [-0.39, 0.29) is 17.6 Å². The molecule has 1 aromatic rings. The fraction of sp³-hybridized carbons (Fsp3) is 0.462. The Morgan fingerprint density at radius 3 is 2.94 bits per heavy atom. The second kappa shape index (κ2) is 4.84. The molecule has 2 atom stereocenters. The van der Waals surface area contributed by atoms with Gasteiger partial charge in [-0.1, -0.05) is 6.92 Å². The average Bonchev–Trinajstić information content (AvgIpc) is 2.76. The van der Waals surface area contributed by atoms with Gasteiger partial charge in [-0.05, 0) is 36.6 Å². The van der Waals surface area contributed by atoms with Gasteiger partial charge in [0.1, 0.15) is 5.82 Å². The summed E-state index contributed by atoms with van der Waals surface area (Å²) in [5, 5.41) is 8.90. The summed E-state index contributed by atoms with van der Waals surface area (Å²) in [4.78, 5) is 10.9. The normalized spacial score (nSPS) is 23.9. The van der Waals surface area contributed by atoms with E-state index in [1.54, 1.807) is 6.07 Å². The van der Waals surface area contributed by atoms with Crippen molar-refractivity contribution in [1.82, 2.24) is 0 Å². The summed E-state index contributed by atoms with van der Waals surface area (Å²) in [6, 6.07) is 4.00. The SMILES string of the molecule is CC[C@H]1OCC[C@H]1c1cc(F)cc(C(=O)O)c1. The molecular formula is C13H15FO3. The molecule has 2 rings (SSSR count). The smallest absolute Gasteiger partial charge is 0.335 e. The van der Waals surface area contributed by atoms with Crippen LogP contribution in [0.4, 0.5) is 4.39 Å². The fourth-order valence-corrected chi connectivity index (χ4v) is 2.38. The van der Waals surface area contributed by atoms with E-state index < -0.39 is 11.8 Å². The molecule has 0 amide bonds. The molecule has 1 heterocycles. The summed E-state index contributed by atoms with van der Waals surface area (Å²) in [6.45, 7) is 2.67. The lowest BCUT2D eigenvalue weighted by Gasteiger charge is -2.17. The van der Waals surface area contributed by atoms with Gasteiger partial charge in [-0.3, -0.25) is 0 Å². The number of benzene rings is 1. The van der Waals surface area contributed by atoms with Crippen LogP contribution in [0.1, 0.15) is 41.6 Å². The minimum atomic E-state index is -1.10. The molecule has 0 radical (unpaired) electrons. The summed E-state index contributed by atoms with van der Waals surface area (Å²) in [6.07, 6.45) is 1.74. The van der Waals surface area contributed by atoms with Crippen molar-refractivity contribution >= 4 is 5.97 Å². The van der Waals surface area contributed by atoms with Crippen LogP contribution < -0.4 is 0 Å². The first-order valence-electron chi connectivity index (χ1n) is 5.77. The maximum Gasteiger partial charge on any atom is 0.335 e. The minimum absolute atomic E-state index is 0.00162. The highest BCUT2D eigenvalue weighted by Gasteiger charge is 2.29. The minimum Gasteiger partial charge on any atom is -0.478 e. The quantitative estimate of drug-likeness (QED) is 0.880. The third-order valence-electron chi connectivity index (χ3n) is 3.21. The summed E-state index contributed by atoms with van der Waals surface area (Å²) >= 11 is 0. The number of hydrogen-bond donors (Lipinski definition) is 1. The van der Waals surface area contributed by atoms with Gasteiger partial charge in [0.2, 0.25) is 0 Å². The first kappa shape index (κ1) is 12.0. The molecule has 1 aromatic carbocycles. The number of hydrogen-bond acceptors (Lipinski definition) is 2. The van der Waals surface area contributed by atoms with Crippen LogP contribution in [0.25, 0.3) is 0 Å². The first-order valence-corrected chi connectivity index (χ1v) is 5.77. The molecule has 0 spiro atoms. The van der Waals surface area contributed by atoms with Gasteiger partial charge in [-0.2, -0.15) is 0 Å². The molecule has 0 aromatic heterocycles. The van der Waals surface area contributed by atoms with Crippen molar-refractivity contribution < 1.29 is 19.0 Å². The monoisotopic (exact) mass is 238 g/mol. The molecule has 0 unspecified atom stereocenters. The first-order chi connectivity index (χ1) is 8.11. The summed E-state index contributed by atoms with van der Waals surface area (Å²) in [5.41, 5.74) is 0.730. The Balaban J connectivity index is 2.34. The van der Waals surface area contributed by atoms with Crippen molar-refractivity contribution in [3.63, 3.8) is 0 Å². The van der Waals surface area contributed by atoms with Crippen LogP contribution in [0.5, 0.6) is 0 Å². The van der Waals surface area contributed by atoms with Gasteiger partial charge in [0.05, 0.1) is 11.7 Å². The number of halogens is 1. The molecule has 1 aliphatic heterocycles. The van der Waals surface area contributed by atoms with Gasteiger partial charge in [-0.15, -0.1) is 0 Å². The van der Waals surface area contributed by atoms with Crippen molar-refractivity contribution in [2.75, 3.05) is 6.61 Å². The number of rotatable bonds is 3. The maximum absolute atomic E-state index is 13.4. The van der Waals surface area contributed by atoms with E-state index in [9.17, 15) is 9.18 Å². The second-order valence-electron chi connectivity index (χ2n) is 4.29. The molecule has 4 heteroatoms. The molecule has 0 bridgehead atoms. The van der Waals surface area contributed by atoms with Crippen molar-refractivity contribution in [2.24, 2.45) is 0 Å². The Hall–Kier alpha value is -1.42. The number of carbonyl (C=O) groups is 1. The van der Waals surface area contributed by atoms with E-state index in [4.69, 9.17) is 9.84 Å².